The van der Waals surface area contributed by atoms with Crippen LogP contribution in [0, 0.1) is 0 Å². The summed E-state index contributed by atoms with van der Waals surface area (Å²) >= 11 is 1.95. The third-order valence-corrected chi connectivity index (χ3v) is 5.32. The summed E-state index contributed by atoms with van der Waals surface area (Å²) in [6, 6.07) is 16.0. The number of aromatic nitrogens is 1. The molecule has 2 aromatic carbocycles. The zero-order chi connectivity index (χ0) is 11.7. The maximum Gasteiger partial charge on any atom is 0.0694 e. The summed E-state index contributed by atoms with van der Waals surface area (Å²) in [5.74, 6) is 0. The van der Waals surface area contributed by atoms with Crippen molar-refractivity contribution in [2.24, 2.45) is 0 Å². The highest BCUT2D eigenvalue weighted by molar-refractivity contribution is 8.02. The van der Waals surface area contributed by atoms with Crippen molar-refractivity contribution in [3.8, 4) is 0 Å². The molecule has 2 heteroatoms. The molecule has 2 unspecified atom stereocenters. The average Bonchev–Trinajstić information content (AvgIpc) is 3.06. The molecule has 2 aliphatic rings. The molecule has 5 rings (SSSR count). The van der Waals surface area contributed by atoms with Crippen molar-refractivity contribution >= 4 is 33.6 Å². The highest BCUT2D eigenvalue weighted by Crippen LogP contribution is 2.55. The molecule has 2 atom stereocenters. The van der Waals surface area contributed by atoms with Crippen LogP contribution in [0.15, 0.2) is 53.9 Å². The van der Waals surface area contributed by atoms with Crippen LogP contribution in [0.25, 0.3) is 21.8 Å². The van der Waals surface area contributed by atoms with Crippen molar-refractivity contribution in [1.82, 2.24) is 4.57 Å². The quantitative estimate of drug-likeness (QED) is 0.561. The van der Waals surface area contributed by atoms with Crippen LogP contribution in [0.5, 0.6) is 0 Å². The second-order valence-electron chi connectivity index (χ2n) is 5.01. The number of para-hydroxylation sites is 2. The Balaban J connectivity index is 2.09. The van der Waals surface area contributed by atoms with Gasteiger partial charge >= 0.3 is 0 Å². The molecule has 18 heavy (non-hydrogen) atoms. The van der Waals surface area contributed by atoms with Gasteiger partial charge in [0, 0.05) is 16.3 Å². The predicted octanol–water partition coefficient (Wildman–Crippen LogP) is 4.65. The van der Waals surface area contributed by atoms with E-state index < -0.39 is 0 Å². The highest BCUT2D eigenvalue weighted by Gasteiger charge is 2.36. The molecular formula is C16H11NS. The maximum absolute atomic E-state index is 2.53. The molecule has 3 heterocycles. The molecule has 0 radical (unpaired) electrons. The van der Waals surface area contributed by atoms with E-state index >= 15 is 0 Å². The Kier molecular flexibility index (Phi) is 1.55. The van der Waals surface area contributed by atoms with E-state index in [-0.39, 0.29) is 0 Å². The topological polar surface area (TPSA) is 4.93 Å². The molecule has 0 N–H and O–H groups in total. The third kappa shape index (κ3) is 0.895. The van der Waals surface area contributed by atoms with Gasteiger partial charge in [0.1, 0.15) is 0 Å². The fourth-order valence-electron chi connectivity index (χ4n) is 3.49. The van der Waals surface area contributed by atoms with Crippen molar-refractivity contribution in [3.05, 3.63) is 59.5 Å². The molecule has 0 aliphatic carbocycles. The maximum atomic E-state index is 2.53. The van der Waals surface area contributed by atoms with Crippen LogP contribution in [-0.4, -0.2) is 4.57 Å². The number of hydrogen-bond acceptors (Lipinski definition) is 1. The normalized spacial score (nSPS) is 24.2. The van der Waals surface area contributed by atoms with Gasteiger partial charge in [-0.1, -0.05) is 42.5 Å². The Morgan fingerprint density at radius 1 is 0.944 bits per heavy atom. The molecule has 2 aliphatic heterocycles. The van der Waals surface area contributed by atoms with Crippen molar-refractivity contribution in [2.75, 3.05) is 0 Å². The lowest BCUT2D eigenvalue weighted by Gasteiger charge is -2.13. The SMILES string of the molecule is C1=CC2C(S1)c1cccc3c4ccccc4n2c13. The number of benzene rings is 2. The lowest BCUT2D eigenvalue weighted by molar-refractivity contribution is 0.678. The first-order valence-electron chi connectivity index (χ1n) is 6.29. The summed E-state index contributed by atoms with van der Waals surface area (Å²) in [5, 5.41) is 5.64. The van der Waals surface area contributed by atoms with E-state index in [1.807, 2.05) is 11.8 Å². The third-order valence-electron chi connectivity index (χ3n) is 4.18. The van der Waals surface area contributed by atoms with Crippen LogP contribution in [-0.2, 0) is 0 Å². The number of thioether (sulfide) groups is 1. The van der Waals surface area contributed by atoms with Crippen molar-refractivity contribution in [2.45, 2.75) is 11.3 Å². The Bertz CT molecular complexity index is 828. The standard InChI is InChI=1S/C16H11NS/c1-2-7-13-10(4-1)11-5-3-6-12-15(11)17(13)14-8-9-18-16(12)14/h1-9,14,16H. The number of hydrogen-bond donors (Lipinski definition) is 0. The lowest BCUT2D eigenvalue weighted by atomic mass is 10.0. The lowest BCUT2D eigenvalue weighted by Crippen LogP contribution is -2.02. The van der Waals surface area contributed by atoms with Gasteiger partial charge in [-0.2, -0.15) is 0 Å². The molecule has 0 saturated heterocycles. The predicted molar refractivity (Wildman–Crippen MR) is 78.0 cm³/mol. The zero-order valence-electron chi connectivity index (χ0n) is 9.71. The minimum atomic E-state index is 0.509. The molecule has 86 valence electrons. The van der Waals surface area contributed by atoms with E-state index in [0.717, 1.165) is 0 Å². The van der Waals surface area contributed by atoms with E-state index in [9.17, 15) is 0 Å². The van der Waals surface area contributed by atoms with Gasteiger partial charge in [-0.05, 0) is 17.0 Å². The first kappa shape index (κ1) is 9.29. The van der Waals surface area contributed by atoms with Crippen molar-refractivity contribution in [3.63, 3.8) is 0 Å². The largest absolute Gasteiger partial charge is 0.332 e. The molecule has 0 bridgehead atoms. The van der Waals surface area contributed by atoms with E-state index in [1.54, 1.807) is 0 Å². The van der Waals surface area contributed by atoms with E-state index in [2.05, 4.69) is 58.5 Å². The second kappa shape index (κ2) is 3.01. The van der Waals surface area contributed by atoms with Gasteiger partial charge in [-0.25, -0.2) is 0 Å². The van der Waals surface area contributed by atoms with Gasteiger partial charge in [0.2, 0.25) is 0 Å². The Morgan fingerprint density at radius 2 is 1.83 bits per heavy atom. The molecule has 1 aromatic heterocycles. The van der Waals surface area contributed by atoms with Gasteiger partial charge in [-0.3, -0.25) is 0 Å². The smallest absolute Gasteiger partial charge is 0.0694 e. The van der Waals surface area contributed by atoms with Gasteiger partial charge in [0.25, 0.3) is 0 Å². The second-order valence-corrected chi connectivity index (χ2v) is 6.06. The number of rotatable bonds is 0. The summed E-state index contributed by atoms with van der Waals surface area (Å²) in [4.78, 5) is 0. The molecule has 0 fully saturated rings. The first-order valence-corrected chi connectivity index (χ1v) is 7.23. The van der Waals surface area contributed by atoms with Gasteiger partial charge in [0.15, 0.2) is 0 Å². The minimum Gasteiger partial charge on any atom is -0.332 e. The zero-order valence-corrected chi connectivity index (χ0v) is 10.5. The molecular weight excluding hydrogens is 238 g/mol. The summed E-state index contributed by atoms with van der Waals surface area (Å²) in [5.41, 5.74) is 4.33. The van der Waals surface area contributed by atoms with Crippen molar-refractivity contribution in [1.29, 1.82) is 0 Å². The summed E-state index contributed by atoms with van der Waals surface area (Å²) in [7, 11) is 0. The monoisotopic (exact) mass is 249 g/mol. The minimum absolute atomic E-state index is 0.509. The van der Waals surface area contributed by atoms with Gasteiger partial charge < -0.3 is 4.57 Å². The van der Waals surface area contributed by atoms with E-state index in [0.29, 0.717) is 11.3 Å². The molecule has 1 nitrogen and oxygen atoms in total. The Hall–Kier alpha value is -1.67. The van der Waals surface area contributed by atoms with E-state index in [1.165, 1.54) is 27.4 Å². The fraction of sp³-hybridized carbons (Fsp3) is 0.125. The van der Waals surface area contributed by atoms with Crippen LogP contribution in [0.2, 0.25) is 0 Å². The van der Waals surface area contributed by atoms with Crippen LogP contribution >= 0.6 is 11.8 Å². The number of nitrogens with zero attached hydrogens (tertiary/aromatic N) is 1. The van der Waals surface area contributed by atoms with Crippen LogP contribution in [0.4, 0.5) is 0 Å². The van der Waals surface area contributed by atoms with Gasteiger partial charge in [-0.15, -0.1) is 11.8 Å². The average molecular weight is 249 g/mol. The molecule has 0 spiro atoms. The number of fused-ring (bicyclic) bond motifs is 6. The van der Waals surface area contributed by atoms with Gasteiger partial charge in [0.05, 0.1) is 16.8 Å². The number of allylic oxidation sites excluding steroid dienone is 1. The summed E-state index contributed by atoms with van der Waals surface area (Å²) in [6.45, 7) is 0. The van der Waals surface area contributed by atoms with Crippen LogP contribution < -0.4 is 0 Å². The summed E-state index contributed by atoms with van der Waals surface area (Å²) in [6.07, 6.45) is 2.35. The van der Waals surface area contributed by atoms with Crippen molar-refractivity contribution < 1.29 is 0 Å². The molecule has 0 amide bonds. The summed E-state index contributed by atoms with van der Waals surface area (Å²) < 4.78 is 2.53. The molecule has 3 aromatic rings. The van der Waals surface area contributed by atoms with E-state index in [4.69, 9.17) is 0 Å². The molecule has 0 saturated carbocycles. The van der Waals surface area contributed by atoms with Crippen LogP contribution in [0.3, 0.4) is 0 Å². The first-order chi connectivity index (χ1) is 8.95. The highest BCUT2D eigenvalue weighted by atomic mass is 32.2. The fourth-order valence-corrected chi connectivity index (χ4v) is 4.62. The van der Waals surface area contributed by atoms with Crippen LogP contribution in [0.1, 0.15) is 16.9 Å². The Morgan fingerprint density at radius 3 is 2.83 bits per heavy atom. The Labute approximate surface area is 109 Å².